The van der Waals surface area contributed by atoms with Crippen LogP contribution in [0.3, 0.4) is 0 Å². The molecule has 0 amide bonds. The highest BCUT2D eigenvalue weighted by Crippen LogP contribution is 2.00. The number of carbonyl (C=O) groups is 1. The van der Waals surface area contributed by atoms with E-state index in [1.54, 1.807) is 6.92 Å². The Morgan fingerprint density at radius 1 is 1.54 bits per heavy atom. The fourth-order valence-electron chi connectivity index (χ4n) is 0.575. The van der Waals surface area contributed by atoms with Crippen molar-refractivity contribution in [3.05, 3.63) is 0 Å². The van der Waals surface area contributed by atoms with Gasteiger partial charge in [0.05, 0.1) is 6.04 Å². The van der Waals surface area contributed by atoms with Crippen LogP contribution in [0.4, 0.5) is 0 Å². The summed E-state index contributed by atoms with van der Waals surface area (Å²) < 4.78 is 25.6. The topological polar surface area (TPSA) is 66.5 Å². The van der Waals surface area contributed by atoms with Gasteiger partial charge in [-0.2, -0.15) is 17.4 Å². The second-order valence-corrected chi connectivity index (χ2v) is 4.96. The number of hydrogen-bond donors (Lipinski definition) is 1. The van der Waals surface area contributed by atoms with E-state index < -0.39 is 21.5 Å². The summed E-state index contributed by atoms with van der Waals surface area (Å²) in [5, 5.41) is -0.701. The molecule has 1 unspecified atom stereocenters. The molecule has 0 spiro atoms. The standard InChI is InChI=1S/C6H13ClN2O3S/c1-4-5(6(7)10)8-13(11,12)9(2)3/h5,8H,4H2,1-3H3. The highest BCUT2D eigenvalue weighted by molar-refractivity contribution is 7.87. The first-order valence-corrected chi connectivity index (χ1v) is 5.52. The van der Waals surface area contributed by atoms with Crippen molar-refractivity contribution < 1.29 is 13.2 Å². The van der Waals surface area contributed by atoms with Crippen LogP contribution in [0.5, 0.6) is 0 Å². The van der Waals surface area contributed by atoms with Crippen molar-refractivity contribution in [3.63, 3.8) is 0 Å². The van der Waals surface area contributed by atoms with Crippen LogP contribution in [0.25, 0.3) is 0 Å². The number of nitrogens with one attached hydrogen (secondary N) is 1. The van der Waals surface area contributed by atoms with E-state index in [1.807, 2.05) is 0 Å². The lowest BCUT2D eigenvalue weighted by Gasteiger charge is -2.16. The van der Waals surface area contributed by atoms with Gasteiger partial charge in [0, 0.05) is 14.1 Å². The van der Waals surface area contributed by atoms with Gasteiger partial charge in [0.25, 0.3) is 10.2 Å². The average molecular weight is 229 g/mol. The van der Waals surface area contributed by atoms with Gasteiger partial charge < -0.3 is 0 Å². The number of carbonyl (C=O) groups excluding carboxylic acids is 1. The fraction of sp³-hybridized carbons (Fsp3) is 0.833. The van der Waals surface area contributed by atoms with Gasteiger partial charge in [0.15, 0.2) is 0 Å². The van der Waals surface area contributed by atoms with Crippen molar-refractivity contribution in [1.82, 2.24) is 9.03 Å². The Balaban J connectivity index is 4.50. The van der Waals surface area contributed by atoms with Gasteiger partial charge in [-0.1, -0.05) is 6.92 Å². The van der Waals surface area contributed by atoms with Crippen molar-refractivity contribution >= 4 is 27.1 Å². The Labute approximate surface area is 83.2 Å². The van der Waals surface area contributed by atoms with E-state index in [2.05, 4.69) is 4.72 Å². The van der Waals surface area contributed by atoms with Gasteiger partial charge in [0.1, 0.15) is 0 Å². The zero-order valence-electron chi connectivity index (χ0n) is 7.74. The minimum atomic E-state index is -3.58. The molecule has 0 fully saturated rings. The Bertz CT molecular complexity index is 276. The molecule has 0 bridgehead atoms. The molecule has 1 atom stereocenters. The fourth-order valence-corrected chi connectivity index (χ4v) is 1.69. The van der Waals surface area contributed by atoms with E-state index in [4.69, 9.17) is 11.6 Å². The molecule has 0 aliphatic rings. The predicted molar refractivity (Wildman–Crippen MR) is 50.7 cm³/mol. The number of hydrogen-bond acceptors (Lipinski definition) is 3. The molecule has 78 valence electrons. The molecule has 0 saturated heterocycles. The SMILES string of the molecule is CCC(NS(=O)(=O)N(C)C)C(=O)Cl. The van der Waals surface area contributed by atoms with Crippen molar-refractivity contribution in [2.45, 2.75) is 19.4 Å². The lowest BCUT2D eigenvalue weighted by atomic mass is 10.3. The molecule has 0 radical (unpaired) electrons. The molecule has 0 saturated carbocycles. The third-order valence-corrected chi connectivity index (χ3v) is 3.26. The molecule has 0 aromatic heterocycles. The molecule has 0 aromatic carbocycles. The second kappa shape index (κ2) is 4.90. The Morgan fingerprint density at radius 3 is 2.23 bits per heavy atom. The maximum atomic E-state index is 11.2. The van der Waals surface area contributed by atoms with E-state index in [9.17, 15) is 13.2 Å². The van der Waals surface area contributed by atoms with Gasteiger partial charge in [-0.05, 0) is 18.0 Å². The van der Waals surface area contributed by atoms with E-state index in [0.29, 0.717) is 6.42 Å². The van der Waals surface area contributed by atoms with E-state index in [-0.39, 0.29) is 0 Å². The summed E-state index contributed by atoms with van der Waals surface area (Å²) in [5.74, 6) is 0. The summed E-state index contributed by atoms with van der Waals surface area (Å²) in [6.07, 6.45) is 0.329. The molecule has 0 aliphatic carbocycles. The first kappa shape index (κ1) is 12.8. The molecule has 0 aromatic rings. The van der Waals surface area contributed by atoms with Crippen LogP contribution in [0.2, 0.25) is 0 Å². The van der Waals surface area contributed by atoms with Gasteiger partial charge in [-0.25, -0.2) is 0 Å². The summed E-state index contributed by atoms with van der Waals surface area (Å²) in [7, 11) is -0.839. The Morgan fingerprint density at radius 2 is 2.00 bits per heavy atom. The highest BCUT2D eigenvalue weighted by atomic mass is 35.5. The lowest BCUT2D eigenvalue weighted by molar-refractivity contribution is -0.113. The maximum absolute atomic E-state index is 11.2. The van der Waals surface area contributed by atoms with Gasteiger partial charge >= 0.3 is 0 Å². The molecule has 7 heteroatoms. The summed E-state index contributed by atoms with van der Waals surface area (Å²) in [6, 6.07) is -0.853. The number of nitrogens with zero attached hydrogens (tertiary/aromatic N) is 1. The van der Waals surface area contributed by atoms with Crippen molar-refractivity contribution in [1.29, 1.82) is 0 Å². The zero-order chi connectivity index (χ0) is 10.6. The van der Waals surface area contributed by atoms with Crippen LogP contribution in [0.15, 0.2) is 0 Å². The maximum Gasteiger partial charge on any atom is 0.279 e. The van der Waals surface area contributed by atoms with Gasteiger partial charge in [0.2, 0.25) is 5.24 Å². The molecule has 13 heavy (non-hydrogen) atoms. The molecule has 0 rings (SSSR count). The van der Waals surface area contributed by atoms with Crippen LogP contribution in [-0.4, -0.2) is 38.1 Å². The van der Waals surface area contributed by atoms with Crippen LogP contribution in [-0.2, 0) is 15.0 Å². The minimum absolute atomic E-state index is 0.329. The first-order valence-electron chi connectivity index (χ1n) is 3.70. The van der Waals surface area contributed by atoms with Crippen LogP contribution >= 0.6 is 11.6 Å². The highest BCUT2D eigenvalue weighted by Gasteiger charge is 2.22. The van der Waals surface area contributed by atoms with Crippen LogP contribution in [0, 0.1) is 0 Å². The van der Waals surface area contributed by atoms with E-state index in [0.717, 1.165) is 4.31 Å². The van der Waals surface area contributed by atoms with E-state index in [1.165, 1.54) is 14.1 Å². The molecular weight excluding hydrogens is 216 g/mol. The lowest BCUT2D eigenvalue weighted by Crippen LogP contribution is -2.44. The Kier molecular flexibility index (Phi) is 4.83. The average Bonchev–Trinajstić information content (AvgIpc) is 1.99. The van der Waals surface area contributed by atoms with Crippen LogP contribution in [0.1, 0.15) is 13.3 Å². The third-order valence-electron chi connectivity index (χ3n) is 1.45. The molecule has 5 nitrogen and oxygen atoms in total. The smallest absolute Gasteiger partial charge is 0.279 e. The number of halogens is 1. The quantitative estimate of drug-likeness (QED) is 0.670. The Hall–Kier alpha value is -0.170. The van der Waals surface area contributed by atoms with Crippen molar-refractivity contribution in [2.75, 3.05) is 14.1 Å². The zero-order valence-corrected chi connectivity index (χ0v) is 9.32. The predicted octanol–water partition coefficient (Wildman–Crippen LogP) is -0.0736. The molecular formula is C6H13ClN2O3S. The van der Waals surface area contributed by atoms with Gasteiger partial charge in [-0.15, -0.1) is 0 Å². The van der Waals surface area contributed by atoms with E-state index >= 15 is 0 Å². The molecule has 1 N–H and O–H groups in total. The summed E-state index contributed by atoms with van der Waals surface area (Å²) >= 11 is 5.17. The summed E-state index contributed by atoms with van der Waals surface area (Å²) in [5.41, 5.74) is 0. The molecule has 0 heterocycles. The molecule has 0 aliphatic heterocycles. The largest absolute Gasteiger partial charge is 0.279 e. The first-order chi connectivity index (χ1) is 5.81. The number of rotatable bonds is 5. The van der Waals surface area contributed by atoms with Crippen molar-refractivity contribution in [3.8, 4) is 0 Å². The van der Waals surface area contributed by atoms with Gasteiger partial charge in [-0.3, -0.25) is 4.79 Å². The normalized spacial score (nSPS) is 14.5. The summed E-state index contributed by atoms with van der Waals surface area (Å²) in [4.78, 5) is 10.7. The minimum Gasteiger partial charge on any atom is -0.279 e. The monoisotopic (exact) mass is 228 g/mol. The summed E-state index contributed by atoms with van der Waals surface area (Å²) in [6.45, 7) is 1.67. The van der Waals surface area contributed by atoms with Crippen LogP contribution < -0.4 is 4.72 Å². The third kappa shape index (κ3) is 4.04. The second-order valence-electron chi connectivity index (χ2n) is 2.67. The van der Waals surface area contributed by atoms with Crippen molar-refractivity contribution in [2.24, 2.45) is 0 Å².